The molecule has 0 aromatic heterocycles. The molecular formula is C22H18N2O. The molecule has 3 heteroatoms. The lowest BCUT2D eigenvalue weighted by Gasteiger charge is -2.20. The number of nitrogens with one attached hydrogen (secondary N) is 1. The quantitative estimate of drug-likeness (QED) is 0.761. The van der Waals surface area contributed by atoms with Crippen molar-refractivity contribution in [3.8, 4) is 6.07 Å². The molecule has 3 aromatic rings. The summed E-state index contributed by atoms with van der Waals surface area (Å²) in [5, 5.41) is 12.2. The van der Waals surface area contributed by atoms with Gasteiger partial charge in [-0.25, -0.2) is 0 Å². The second kappa shape index (κ2) is 7.94. The summed E-state index contributed by atoms with van der Waals surface area (Å²) in [7, 11) is 0. The predicted octanol–water partition coefficient (Wildman–Crippen LogP) is 4.27. The van der Waals surface area contributed by atoms with Gasteiger partial charge in [0.25, 0.3) is 5.91 Å². The van der Waals surface area contributed by atoms with E-state index in [1.807, 2.05) is 66.7 Å². The first-order chi connectivity index (χ1) is 12.3. The Balaban J connectivity index is 1.85. The molecule has 1 atom stereocenters. The van der Waals surface area contributed by atoms with E-state index in [1.165, 1.54) is 0 Å². The van der Waals surface area contributed by atoms with E-state index in [1.54, 1.807) is 18.2 Å². The highest BCUT2D eigenvalue weighted by molar-refractivity contribution is 5.94. The Kier molecular flexibility index (Phi) is 5.23. The molecule has 3 rings (SSSR count). The number of amides is 1. The van der Waals surface area contributed by atoms with Crippen LogP contribution in [-0.4, -0.2) is 5.91 Å². The SMILES string of the molecule is N#Cc1cccc(C[C@@H](NC(=O)c2ccccc2)c2ccccc2)c1. The van der Waals surface area contributed by atoms with Gasteiger partial charge in [-0.1, -0.05) is 60.7 Å². The molecule has 0 spiro atoms. The molecule has 1 N–H and O–H groups in total. The van der Waals surface area contributed by atoms with E-state index >= 15 is 0 Å². The summed E-state index contributed by atoms with van der Waals surface area (Å²) in [4.78, 5) is 12.6. The second-order valence-corrected chi connectivity index (χ2v) is 5.82. The first-order valence-corrected chi connectivity index (χ1v) is 8.16. The van der Waals surface area contributed by atoms with Gasteiger partial charge in [-0.2, -0.15) is 5.26 Å². The van der Waals surface area contributed by atoms with E-state index in [-0.39, 0.29) is 11.9 Å². The van der Waals surface area contributed by atoms with Crippen molar-refractivity contribution in [3.63, 3.8) is 0 Å². The van der Waals surface area contributed by atoms with Crippen molar-refractivity contribution in [3.05, 3.63) is 107 Å². The lowest BCUT2D eigenvalue weighted by molar-refractivity contribution is 0.0936. The van der Waals surface area contributed by atoms with Gasteiger partial charge in [0, 0.05) is 5.56 Å². The van der Waals surface area contributed by atoms with E-state index in [9.17, 15) is 4.79 Å². The van der Waals surface area contributed by atoms with Crippen LogP contribution < -0.4 is 5.32 Å². The Bertz CT molecular complexity index is 883. The molecule has 0 radical (unpaired) electrons. The van der Waals surface area contributed by atoms with Crippen molar-refractivity contribution in [1.82, 2.24) is 5.32 Å². The van der Waals surface area contributed by atoms with Crippen molar-refractivity contribution in [2.24, 2.45) is 0 Å². The van der Waals surface area contributed by atoms with E-state index in [0.717, 1.165) is 11.1 Å². The number of nitriles is 1. The second-order valence-electron chi connectivity index (χ2n) is 5.82. The zero-order chi connectivity index (χ0) is 17.5. The van der Waals surface area contributed by atoms with E-state index in [0.29, 0.717) is 17.5 Å². The molecule has 0 saturated heterocycles. The van der Waals surface area contributed by atoms with Gasteiger partial charge < -0.3 is 5.32 Å². The van der Waals surface area contributed by atoms with Crippen molar-refractivity contribution < 1.29 is 4.79 Å². The summed E-state index contributed by atoms with van der Waals surface area (Å²) in [6, 6.07) is 28.6. The van der Waals surface area contributed by atoms with Gasteiger partial charge in [0.1, 0.15) is 0 Å². The average Bonchev–Trinajstić information content (AvgIpc) is 2.69. The minimum absolute atomic E-state index is 0.106. The van der Waals surface area contributed by atoms with Crippen LogP contribution in [0.4, 0.5) is 0 Å². The molecular weight excluding hydrogens is 308 g/mol. The van der Waals surface area contributed by atoms with Crippen molar-refractivity contribution in [2.45, 2.75) is 12.5 Å². The van der Waals surface area contributed by atoms with Gasteiger partial charge in [0.05, 0.1) is 17.7 Å². The topological polar surface area (TPSA) is 52.9 Å². The van der Waals surface area contributed by atoms with Crippen molar-refractivity contribution >= 4 is 5.91 Å². The summed E-state index contributed by atoms with van der Waals surface area (Å²) in [6.45, 7) is 0. The molecule has 0 fully saturated rings. The van der Waals surface area contributed by atoms with Crippen LogP contribution in [0, 0.1) is 11.3 Å². The normalized spacial score (nSPS) is 11.3. The Hall–Kier alpha value is -3.38. The fourth-order valence-electron chi connectivity index (χ4n) is 2.77. The van der Waals surface area contributed by atoms with Crippen molar-refractivity contribution in [1.29, 1.82) is 5.26 Å². The largest absolute Gasteiger partial charge is 0.345 e. The third kappa shape index (κ3) is 4.33. The Morgan fingerprint density at radius 1 is 0.920 bits per heavy atom. The molecule has 1 amide bonds. The zero-order valence-electron chi connectivity index (χ0n) is 13.7. The van der Waals surface area contributed by atoms with E-state index < -0.39 is 0 Å². The lowest BCUT2D eigenvalue weighted by atomic mass is 9.97. The van der Waals surface area contributed by atoms with Crippen LogP contribution in [0.15, 0.2) is 84.9 Å². The fraction of sp³-hybridized carbons (Fsp3) is 0.0909. The molecule has 0 unspecified atom stereocenters. The number of hydrogen-bond acceptors (Lipinski definition) is 2. The Morgan fingerprint density at radius 3 is 2.28 bits per heavy atom. The van der Waals surface area contributed by atoms with Crippen LogP contribution in [0.2, 0.25) is 0 Å². The monoisotopic (exact) mass is 326 g/mol. The van der Waals surface area contributed by atoms with Crippen LogP contribution in [0.1, 0.15) is 33.1 Å². The summed E-state index contributed by atoms with van der Waals surface area (Å²) in [6.07, 6.45) is 0.623. The number of nitrogens with zero attached hydrogens (tertiary/aromatic N) is 1. The maximum atomic E-state index is 12.6. The smallest absolute Gasteiger partial charge is 0.251 e. The molecule has 0 aliphatic rings. The molecule has 0 heterocycles. The summed E-state index contributed by atoms with van der Waals surface area (Å²) >= 11 is 0. The molecule has 3 nitrogen and oxygen atoms in total. The van der Waals surface area contributed by atoms with Crippen LogP contribution >= 0.6 is 0 Å². The molecule has 0 aliphatic heterocycles. The Morgan fingerprint density at radius 2 is 1.60 bits per heavy atom. The van der Waals surface area contributed by atoms with E-state index in [2.05, 4.69) is 11.4 Å². The molecule has 0 aliphatic carbocycles. The van der Waals surface area contributed by atoms with Gasteiger partial charge in [0.15, 0.2) is 0 Å². The minimum atomic E-state index is -0.164. The highest BCUT2D eigenvalue weighted by Gasteiger charge is 2.16. The first-order valence-electron chi connectivity index (χ1n) is 8.16. The van der Waals surface area contributed by atoms with Gasteiger partial charge in [0.2, 0.25) is 0 Å². The minimum Gasteiger partial charge on any atom is -0.345 e. The van der Waals surface area contributed by atoms with E-state index in [4.69, 9.17) is 5.26 Å². The predicted molar refractivity (Wildman–Crippen MR) is 98.0 cm³/mol. The number of carbonyl (C=O) groups excluding carboxylic acids is 1. The first kappa shape index (κ1) is 16.5. The molecule has 0 saturated carbocycles. The van der Waals surface area contributed by atoms with Crippen LogP contribution in [0.5, 0.6) is 0 Å². The summed E-state index contributed by atoms with van der Waals surface area (Å²) in [5.74, 6) is -0.106. The van der Waals surface area contributed by atoms with Crippen molar-refractivity contribution in [2.75, 3.05) is 0 Å². The highest BCUT2D eigenvalue weighted by Crippen LogP contribution is 2.20. The van der Waals surface area contributed by atoms with Crippen LogP contribution in [0.25, 0.3) is 0 Å². The zero-order valence-corrected chi connectivity index (χ0v) is 13.7. The lowest BCUT2D eigenvalue weighted by Crippen LogP contribution is -2.30. The molecule has 25 heavy (non-hydrogen) atoms. The number of carbonyl (C=O) groups is 1. The van der Waals surface area contributed by atoms with Gasteiger partial charge >= 0.3 is 0 Å². The summed E-state index contributed by atoms with van der Waals surface area (Å²) in [5.41, 5.74) is 3.31. The maximum Gasteiger partial charge on any atom is 0.251 e. The summed E-state index contributed by atoms with van der Waals surface area (Å²) < 4.78 is 0. The standard InChI is InChI=1S/C22H18N2O/c23-16-18-9-7-8-17(14-18)15-21(19-10-3-1-4-11-19)24-22(25)20-12-5-2-6-13-20/h1-14,21H,15H2,(H,24,25)/t21-/m1/s1. The third-order valence-electron chi connectivity index (χ3n) is 4.04. The Labute approximate surface area is 147 Å². The van der Waals surface area contributed by atoms with Gasteiger partial charge in [-0.05, 0) is 41.8 Å². The number of rotatable bonds is 5. The molecule has 122 valence electrons. The molecule has 3 aromatic carbocycles. The van der Waals surface area contributed by atoms with Gasteiger partial charge in [-0.15, -0.1) is 0 Å². The average molecular weight is 326 g/mol. The van der Waals surface area contributed by atoms with Crippen LogP contribution in [-0.2, 0) is 6.42 Å². The highest BCUT2D eigenvalue weighted by atomic mass is 16.1. The van der Waals surface area contributed by atoms with Crippen LogP contribution in [0.3, 0.4) is 0 Å². The fourth-order valence-corrected chi connectivity index (χ4v) is 2.77. The molecule has 0 bridgehead atoms. The number of benzene rings is 3. The van der Waals surface area contributed by atoms with Gasteiger partial charge in [-0.3, -0.25) is 4.79 Å². The third-order valence-corrected chi connectivity index (χ3v) is 4.04. The maximum absolute atomic E-state index is 12.6. The number of hydrogen-bond donors (Lipinski definition) is 1.